The molecule has 0 aliphatic rings. The number of hydrogen-bond acceptors (Lipinski definition) is 0. The van der Waals surface area contributed by atoms with Gasteiger partial charge in [-0.2, -0.15) is 0 Å². The van der Waals surface area contributed by atoms with Gasteiger partial charge in [-0.25, -0.2) is 8.78 Å². The molecule has 0 atom stereocenters. The normalized spacial score (nSPS) is 10.6. The summed E-state index contributed by atoms with van der Waals surface area (Å²) < 4.78 is 27.3. The van der Waals surface area contributed by atoms with Crippen LogP contribution in [-0.2, 0) is 0 Å². The van der Waals surface area contributed by atoms with Crippen molar-refractivity contribution < 1.29 is 8.78 Å². The van der Waals surface area contributed by atoms with Gasteiger partial charge in [0.15, 0.2) is 0 Å². The molecule has 0 bridgehead atoms. The number of hydrogen-bond donors (Lipinski definition) is 0. The first-order valence-corrected chi connectivity index (χ1v) is 5.52. The van der Waals surface area contributed by atoms with Crippen molar-refractivity contribution in [2.24, 2.45) is 0 Å². The Labute approximate surface area is 99.9 Å². The predicted molar refractivity (Wildman–Crippen MR) is 66.0 cm³/mol. The molecule has 2 rings (SSSR count). The Hall–Kier alpha value is -1.70. The van der Waals surface area contributed by atoms with Crippen LogP contribution in [0.25, 0.3) is 11.1 Å². The standard InChI is InChI=1S/C15H14F2/c1-9-4-5-12(10(2)6-9)13-8-14(16)11(3)7-15(13)17/h4-8H,1-3H3. The fraction of sp³-hybridized carbons (Fsp3) is 0.200. The highest BCUT2D eigenvalue weighted by Crippen LogP contribution is 2.28. The number of aryl methyl sites for hydroxylation is 3. The number of benzene rings is 2. The molecule has 0 aliphatic carbocycles. The molecule has 0 radical (unpaired) electrons. The van der Waals surface area contributed by atoms with Crippen LogP contribution in [0.5, 0.6) is 0 Å². The third kappa shape index (κ3) is 2.21. The van der Waals surface area contributed by atoms with Crippen LogP contribution in [0, 0.1) is 32.4 Å². The second kappa shape index (κ2) is 4.28. The van der Waals surface area contributed by atoms with Gasteiger partial charge in [-0.15, -0.1) is 0 Å². The first-order valence-electron chi connectivity index (χ1n) is 5.52. The Balaban J connectivity index is 2.64. The van der Waals surface area contributed by atoms with Crippen molar-refractivity contribution in [2.45, 2.75) is 20.8 Å². The van der Waals surface area contributed by atoms with E-state index in [1.807, 2.05) is 32.0 Å². The maximum absolute atomic E-state index is 13.8. The van der Waals surface area contributed by atoms with Crippen LogP contribution in [0.4, 0.5) is 8.78 Å². The van der Waals surface area contributed by atoms with Gasteiger partial charge < -0.3 is 0 Å². The second-order valence-electron chi connectivity index (χ2n) is 4.40. The Kier molecular flexibility index (Phi) is 2.97. The average Bonchev–Trinajstić information content (AvgIpc) is 2.24. The lowest BCUT2D eigenvalue weighted by molar-refractivity contribution is 0.595. The molecule has 0 aliphatic heterocycles. The highest BCUT2D eigenvalue weighted by molar-refractivity contribution is 5.68. The zero-order chi connectivity index (χ0) is 12.6. The molecule has 0 spiro atoms. The molecule has 2 aromatic rings. The minimum Gasteiger partial charge on any atom is -0.207 e. The fourth-order valence-electron chi connectivity index (χ4n) is 1.97. The van der Waals surface area contributed by atoms with E-state index in [-0.39, 0.29) is 11.6 Å². The lowest BCUT2D eigenvalue weighted by Gasteiger charge is -2.09. The highest BCUT2D eigenvalue weighted by atomic mass is 19.1. The summed E-state index contributed by atoms with van der Waals surface area (Å²) in [6, 6.07) is 8.20. The maximum atomic E-state index is 13.8. The lowest BCUT2D eigenvalue weighted by atomic mass is 9.97. The summed E-state index contributed by atoms with van der Waals surface area (Å²) in [4.78, 5) is 0. The molecule has 2 heteroatoms. The van der Waals surface area contributed by atoms with Gasteiger partial charge in [-0.05, 0) is 49.6 Å². The number of rotatable bonds is 1. The van der Waals surface area contributed by atoms with Crippen LogP contribution in [0.2, 0.25) is 0 Å². The Morgan fingerprint density at radius 1 is 0.706 bits per heavy atom. The van der Waals surface area contributed by atoms with E-state index in [0.29, 0.717) is 11.1 Å². The Morgan fingerprint density at radius 2 is 1.41 bits per heavy atom. The fourth-order valence-corrected chi connectivity index (χ4v) is 1.97. The molecule has 0 fully saturated rings. The van der Waals surface area contributed by atoms with Crippen LogP contribution in [0.15, 0.2) is 30.3 Å². The van der Waals surface area contributed by atoms with Crippen molar-refractivity contribution in [3.05, 3.63) is 58.7 Å². The largest absolute Gasteiger partial charge is 0.207 e. The minimum absolute atomic E-state index is 0.325. The molecule has 0 saturated heterocycles. The van der Waals surface area contributed by atoms with Crippen molar-refractivity contribution in [2.75, 3.05) is 0 Å². The van der Waals surface area contributed by atoms with Crippen LogP contribution >= 0.6 is 0 Å². The summed E-state index contributed by atoms with van der Waals surface area (Å²) in [6.07, 6.45) is 0. The van der Waals surface area contributed by atoms with Crippen molar-refractivity contribution in [1.29, 1.82) is 0 Å². The molecule has 0 unspecified atom stereocenters. The predicted octanol–water partition coefficient (Wildman–Crippen LogP) is 4.56. The SMILES string of the molecule is Cc1ccc(-c2cc(F)c(C)cc2F)c(C)c1. The number of halogens is 2. The quantitative estimate of drug-likeness (QED) is 0.676. The van der Waals surface area contributed by atoms with Crippen LogP contribution < -0.4 is 0 Å². The summed E-state index contributed by atoms with van der Waals surface area (Å²) >= 11 is 0. The van der Waals surface area contributed by atoms with Gasteiger partial charge in [0.25, 0.3) is 0 Å². The zero-order valence-electron chi connectivity index (χ0n) is 10.1. The van der Waals surface area contributed by atoms with Crippen molar-refractivity contribution in [3.63, 3.8) is 0 Å². The molecule has 17 heavy (non-hydrogen) atoms. The molecule has 0 amide bonds. The summed E-state index contributed by atoms with van der Waals surface area (Å²) in [5.74, 6) is -0.753. The molecule has 0 N–H and O–H groups in total. The minimum atomic E-state index is -0.379. The summed E-state index contributed by atoms with van der Waals surface area (Å²) in [5, 5.41) is 0. The van der Waals surface area contributed by atoms with Gasteiger partial charge in [0.2, 0.25) is 0 Å². The third-order valence-electron chi connectivity index (χ3n) is 2.92. The van der Waals surface area contributed by atoms with Gasteiger partial charge in [0, 0.05) is 5.56 Å². The summed E-state index contributed by atoms with van der Waals surface area (Å²) in [7, 11) is 0. The third-order valence-corrected chi connectivity index (χ3v) is 2.92. The van der Waals surface area contributed by atoms with Gasteiger partial charge in [-0.3, -0.25) is 0 Å². The maximum Gasteiger partial charge on any atom is 0.131 e. The summed E-state index contributed by atoms with van der Waals surface area (Å²) in [6.45, 7) is 5.44. The lowest BCUT2D eigenvalue weighted by Crippen LogP contribution is -1.92. The molecule has 0 saturated carbocycles. The highest BCUT2D eigenvalue weighted by Gasteiger charge is 2.11. The monoisotopic (exact) mass is 232 g/mol. The second-order valence-corrected chi connectivity index (χ2v) is 4.40. The molecule has 88 valence electrons. The van der Waals surface area contributed by atoms with Gasteiger partial charge in [0.1, 0.15) is 11.6 Å². The molecule has 0 nitrogen and oxygen atoms in total. The van der Waals surface area contributed by atoms with E-state index in [4.69, 9.17) is 0 Å². The van der Waals surface area contributed by atoms with Crippen molar-refractivity contribution >= 4 is 0 Å². The van der Waals surface area contributed by atoms with Crippen LogP contribution in [0.3, 0.4) is 0 Å². The van der Waals surface area contributed by atoms with Gasteiger partial charge in [0.05, 0.1) is 0 Å². The molecular formula is C15H14F2. The first-order chi connectivity index (χ1) is 7.99. The van der Waals surface area contributed by atoms with E-state index in [1.54, 1.807) is 6.92 Å². The molecule has 0 heterocycles. The first kappa shape index (κ1) is 11.8. The zero-order valence-corrected chi connectivity index (χ0v) is 10.1. The van der Waals surface area contributed by atoms with E-state index in [9.17, 15) is 8.78 Å². The van der Waals surface area contributed by atoms with E-state index in [1.165, 1.54) is 12.1 Å². The van der Waals surface area contributed by atoms with Gasteiger partial charge >= 0.3 is 0 Å². The smallest absolute Gasteiger partial charge is 0.131 e. The summed E-state index contributed by atoms with van der Waals surface area (Å²) in [5.41, 5.74) is 3.46. The van der Waals surface area contributed by atoms with E-state index < -0.39 is 0 Å². The van der Waals surface area contributed by atoms with Crippen molar-refractivity contribution in [1.82, 2.24) is 0 Å². The molecular weight excluding hydrogens is 218 g/mol. The van der Waals surface area contributed by atoms with Gasteiger partial charge in [-0.1, -0.05) is 23.8 Å². The van der Waals surface area contributed by atoms with E-state index in [0.717, 1.165) is 16.7 Å². The molecule has 2 aromatic carbocycles. The topological polar surface area (TPSA) is 0 Å². The van der Waals surface area contributed by atoms with E-state index >= 15 is 0 Å². The van der Waals surface area contributed by atoms with Crippen LogP contribution in [-0.4, -0.2) is 0 Å². The Bertz CT molecular complexity index is 571. The van der Waals surface area contributed by atoms with Crippen molar-refractivity contribution in [3.8, 4) is 11.1 Å². The molecule has 0 aromatic heterocycles. The van der Waals surface area contributed by atoms with E-state index in [2.05, 4.69) is 0 Å². The average molecular weight is 232 g/mol. The Morgan fingerprint density at radius 3 is 2.06 bits per heavy atom. The van der Waals surface area contributed by atoms with Crippen LogP contribution in [0.1, 0.15) is 16.7 Å².